The Bertz CT molecular complexity index is 1190. The third-order valence-electron chi connectivity index (χ3n) is 9.43. The first-order chi connectivity index (χ1) is 26.4. The first kappa shape index (κ1) is 51.0. The second-order valence-electron chi connectivity index (χ2n) is 14.3. The Kier molecular flexibility index (Phi) is 29.7. The van der Waals surface area contributed by atoms with Crippen molar-refractivity contribution in [2.24, 2.45) is 0 Å². The van der Waals surface area contributed by atoms with Crippen molar-refractivity contribution >= 4 is 16.3 Å². The van der Waals surface area contributed by atoms with Crippen LogP contribution in [0.3, 0.4) is 0 Å². The van der Waals surface area contributed by atoms with E-state index in [-0.39, 0.29) is 6.42 Å². The van der Waals surface area contributed by atoms with E-state index in [9.17, 15) is 38.7 Å². The average molecular weight is 804 g/mol. The molecule has 0 bridgehead atoms. The van der Waals surface area contributed by atoms with E-state index in [0.29, 0.717) is 12.8 Å². The highest BCUT2D eigenvalue weighted by Crippen LogP contribution is 2.26. The molecule has 55 heavy (non-hydrogen) atoms. The SMILES string of the molecule is CC/C=C/CC/C=C/CC/C=C/C(O)C(COC1OC(CO)C(O)C(OS(=O)(=O)O)C1O)NC(=O)C(O)CCCCCCCC/C=C\CCCCCCCC. The largest absolute Gasteiger partial charge is 0.397 e. The summed E-state index contributed by atoms with van der Waals surface area (Å²) in [4.78, 5) is 13.0. The number of allylic oxidation sites excluding steroid dienone is 7. The molecule has 1 rings (SSSR count). The van der Waals surface area contributed by atoms with Gasteiger partial charge in [-0.15, -0.1) is 0 Å². The van der Waals surface area contributed by atoms with E-state index < -0.39 is 78.5 Å². The minimum absolute atomic E-state index is 0.224. The van der Waals surface area contributed by atoms with Crippen LogP contribution in [-0.2, 0) is 28.9 Å². The molecule has 14 heteroatoms. The first-order valence-electron chi connectivity index (χ1n) is 20.6. The van der Waals surface area contributed by atoms with E-state index in [1.807, 2.05) is 6.08 Å². The molecule has 0 aromatic carbocycles. The highest BCUT2D eigenvalue weighted by Gasteiger charge is 2.48. The van der Waals surface area contributed by atoms with Crippen molar-refractivity contribution in [1.82, 2.24) is 5.32 Å². The van der Waals surface area contributed by atoms with Crippen LogP contribution in [0.5, 0.6) is 0 Å². The fraction of sp³-hybridized carbons (Fsp3) is 0.780. The Balaban J connectivity index is 2.65. The van der Waals surface area contributed by atoms with Crippen molar-refractivity contribution in [3.8, 4) is 0 Å². The number of rotatable bonds is 33. The summed E-state index contributed by atoms with van der Waals surface area (Å²) in [6.07, 6.45) is 25.1. The molecule has 1 heterocycles. The van der Waals surface area contributed by atoms with Crippen LogP contribution in [0.25, 0.3) is 0 Å². The normalized spacial score (nSPS) is 22.7. The van der Waals surface area contributed by atoms with E-state index in [2.05, 4.69) is 53.7 Å². The van der Waals surface area contributed by atoms with Gasteiger partial charge in [0.25, 0.3) is 0 Å². The van der Waals surface area contributed by atoms with Gasteiger partial charge in [0.2, 0.25) is 5.91 Å². The predicted molar refractivity (Wildman–Crippen MR) is 214 cm³/mol. The third kappa shape index (κ3) is 25.1. The number of carbonyl (C=O) groups excluding carboxylic acids is 1. The van der Waals surface area contributed by atoms with Crippen LogP contribution in [-0.4, -0.2) is 107 Å². The summed E-state index contributed by atoms with van der Waals surface area (Å²) < 4.78 is 47.3. The standard InChI is InChI=1S/C41H73NO12S/c1-3-5-7-9-11-13-15-16-17-18-19-20-22-24-26-28-30-35(45)40(48)42-33(34(44)29-27-25-23-21-14-12-10-8-6-4-2)32-52-41-38(47)39(54-55(49,50)51)37(46)36(31-43)53-41/h6,8,14,16-17,21,27,29,33-39,41,43-47H,3-5,7,9-13,15,18-20,22-26,28,30-32H2,1-2H3,(H,42,48)(H,49,50,51)/b8-6+,17-16-,21-14+,29-27+. The van der Waals surface area contributed by atoms with Gasteiger partial charge >= 0.3 is 10.4 Å². The van der Waals surface area contributed by atoms with Crippen molar-refractivity contribution in [3.05, 3.63) is 48.6 Å². The number of ether oxygens (including phenoxy) is 2. The number of nitrogens with one attached hydrogen (secondary N) is 1. The molecule has 0 spiro atoms. The van der Waals surface area contributed by atoms with Gasteiger partial charge in [0.1, 0.15) is 30.5 Å². The summed E-state index contributed by atoms with van der Waals surface area (Å²) in [6, 6.07) is -1.14. The number of hydrogen-bond acceptors (Lipinski definition) is 11. The maximum absolute atomic E-state index is 13.0. The summed E-state index contributed by atoms with van der Waals surface area (Å²) in [5, 5.41) is 54.9. The van der Waals surface area contributed by atoms with Gasteiger partial charge in [-0.05, 0) is 64.2 Å². The van der Waals surface area contributed by atoms with Crippen LogP contribution in [0.2, 0.25) is 0 Å². The zero-order valence-corrected chi connectivity index (χ0v) is 34.2. The van der Waals surface area contributed by atoms with Gasteiger partial charge in [-0.2, -0.15) is 8.42 Å². The summed E-state index contributed by atoms with van der Waals surface area (Å²) in [6.45, 7) is 3.02. The molecular weight excluding hydrogens is 731 g/mol. The monoisotopic (exact) mass is 803 g/mol. The summed E-state index contributed by atoms with van der Waals surface area (Å²) in [5.41, 5.74) is 0. The molecule has 0 radical (unpaired) electrons. The topological polar surface area (TPSA) is 212 Å². The van der Waals surface area contributed by atoms with E-state index in [0.717, 1.165) is 70.6 Å². The minimum atomic E-state index is -5.12. The first-order valence-corrected chi connectivity index (χ1v) is 22.0. The number of aliphatic hydroxyl groups is 5. The zero-order chi connectivity index (χ0) is 40.7. The Morgan fingerprint density at radius 1 is 0.745 bits per heavy atom. The molecule has 1 amide bonds. The smallest absolute Gasteiger partial charge is 0.394 e. The lowest BCUT2D eigenvalue weighted by Crippen LogP contribution is -2.61. The predicted octanol–water partition coefficient (Wildman–Crippen LogP) is 5.90. The molecule has 0 aliphatic carbocycles. The van der Waals surface area contributed by atoms with Crippen LogP contribution in [0.1, 0.15) is 142 Å². The quantitative estimate of drug-likeness (QED) is 0.0235. The summed E-state index contributed by atoms with van der Waals surface area (Å²) in [7, 11) is -5.12. The molecule has 7 N–H and O–H groups in total. The van der Waals surface area contributed by atoms with Crippen molar-refractivity contribution in [1.29, 1.82) is 0 Å². The maximum Gasteiger partial charge on any atom is 0.397 e. The fourth-order valence-corrected chi connectivity index (χ4v) is 6.65. The molecule has 1 fully saturated rings. The minimum Gasteiger partial charge on any atom is -0.394 e. The molecule has 0 aromatic rings. The molecule has 1 aliphatic rings. The van der Waals surface area contributed by atoms with E-state index >= 15 is 0 Å². The zero-order valence-electron chi connectivity index (χ0n) is 33.3. The highest BCUT2D eigenvalue weighted by molar-refractivity contribution is 7.80. The molecule has 1 saturated heterocycles. The van der Waals surface area contributed by atoms with Crippen molar-refractivity contribution < 1.29 is 57.0 Å². The van der Waals surface area contributed by atoms with Crippen molar-refractivity contribution in [2.45, 2.75) is 191 Å². The maximum atomic E-state index is 13.0. The lowest BCUT2D eigenvalue weighted by Gasteiger charge is -2.41. The van der Waals surface area contributed by atoms with Crippen LogP contribution in [0.15, 0.2) is 48.6 Å². The molecule has 320 valence electrons. The lowest BCUT2D eigenvalue weighted by molar-refractivity contribution is -0.298. The van der Waals surface area contributed by atoms with Gasteiger partial charge < -0.3 is 40.3 Å². The van der Waals surface area contributed by atoms with Crippen molar-refractivity contribution in [2.75, 3.05) is 13.2 Å². The fourth-order valence-electron chi connectivity index (χ4n) is 6.14. The van der Waals surface area contributed by atoms with Crippen LogP contribution in [0.4, 0.5) is 0 Å². The molecule has 0 aromatic heterocycles. The van der Waals surface area contributed by atoms with Crippen LogP contribution < -0.4 is 5.32 Å². The lowest BCUT2D eigenvalue weighted by atomic mass is 9.99. The van der Waals surface area contributed by atoms with Gasteiger partial charge in [0.05, 0.1) is 25.4 Å². The number of aliphatic hydroxyl groups excluding tert-OH is 5. The molecular formula is C41H73NO12S. The van der Waals surface area contributed by atoms with Gasteiger partial charge in [-0.3, -0.25) is 9.35 Å². The van der Waals surface area contributed by atoms with Crippen molar-refractivity contribution in [3.63, 3.8) is 0 Å². The summed E-state index contributed by atoms with van der Waals surface area (Å²) >= 11 is 0. The highest BCUT2D eigenvalue weighted by atomic mass is 32.3. The molecule has 8 atom stereocenters. The van der Waals surface area contributed by atoms with Crippen LogP contribution in [0, 0.1) is 0 Å². The third-order valence-corrected chi connectivity index (χ3v) is 9.89. The number of amides is 1. The van der Waals surface area contributed by atoms with E-state index in [4.69, 9.17) is 14.0 Å². The van der Waals surface area contributed by atoms with E-state index in [1.165, 1.54) is 44.6 Å². The number of hydrogen-bond donors (Lipinski definition) is 7. The Morgan fingerprint density at radius 2 is 1.27 bits per heavy atom. The Morgan fingerprint density at radius 3 is 1.84 bits per heavy atom. The van der Waals surface area contributed by atoms with Gasteiger partial charge in [-0.1, -0.05) is 127 Å². The van der Waals surface area contributed by atoms with Gasteiger partial charge in [-0.25, -0.2) is 4.18 Å². The molecule has 13 nitrogen and oxygen atoms in total. The number of unbranched alkanes of at least 4 members (excludes halogenated alkanes) is 14. The van der Waals surface area contributed by atoms with E-state index in [1.54, 1.807) is 6.08 Å². The molecule has 8 unspecified atom stereocenters. The van der Waals surface area contributed by atoms with Gasteiger partial charge in [0.15, 0.2) is 6.29 Å². The summed E-state index contributed by atoms with van der Waals surface area (Å²) in [5.74, 6) is -0.727. The Labute approximate surface area is 330 Å². The van der Waals surface area contributed by atoms with Gasteiger partial charge in [0, 0.05) is 0 Å². The Hall–Kier alpha value is -1.98. The molecule has 0 saturated carbocycles. The average Bonchev–Trinajstić information content (AvgIpc) is 3.15. The van der Waals surface area contributed by atoms with Crippen LogP contribution >= 0.6 is 0 Å². The number of carbonyl (C=O) groups is 1. The second kappa shape index (κ2) is 32.0. The second-order valence-corrected chi connectivity index (χ2v) is 15.4. The molecule has 1 aliphatic heterocycles.